The van der Waals surface area contributed by atoms with Crippen molar-refractivity contribution in [2.45, 2.75) is 33.1 Å². The van der Waals surface area contributed by atoms with E-state index in [0.29, 0.717) is 4.32 Å². The van der Waals surface area contributed by atoms with Crippen LogP contribution < -0.4 is 0 Å². The van der Waals surface area contributed by atoms with E-state index in [9.17, 15) is 14.4 Å². The van der Waals surface area contributed by atoms with Gasteiger partial charge in [-0.25, -0.2) is 4.79 Å². The lowest BCUT2D eigenvalue weighted by atomic mass is 9.80. The van der Waals surface area contributed by atoms with Crippen molar-refractivity contribution in [2.75, 3.05) is 26.5 Å². The van der Waals surface area contributed by atoms with Crippen LogP contribution in [0.25, 0.3) is 0 Å². The molecule has 0 aromatic heterocycles. The van der Waals surface area contributed by atoms with Gasteiger partial charge in [0.15, 0.2) is 9.74 Å². The molecule has 25 heavy (non-hydrogen) atoms. The van der Waals surface area contributed by atoms with E-state index < -0.39 is 23.3 Å². The second-order valence-corrected chi connectivity index (χ2v) is 6.39. The predicted octanol–water partition coefficient (Wildman–Crippen LogP) is 2.49. The SMILES string of the molecule is C=CCC(CCC(=O)ON(C)C(=S)SC)(C(=O)OCC)C(=O)OCC. The highest BCUT2D eigenvalue weighted by Gasteiger charge is 2.48. The fourth-order valence-corrected chi connectivity index (χ4v) is 2.35. The molecule has 0 atom stereocenters. The molecule has 0 N–H and O–H groups in total. The second-order valence-electron chi connectivity index (χ2n) is 4.95. The van der Waals surface area contributed by atoms with E-state index in [1.165, 1.54) is 24.9 Å². The number of carbonyl (C=O) groups is 3. The molecule has 0 bridgehead atoms. The number of esters is 2. The minimum Gasteiger partial charge on any atom is -0.465 e. The van der Waals surface area contributed by atoms with Crippen molar-refractivity contribution in [1.82, 2.24) is 5.06 Å². The molecule has 9 heteroatoms. The van der Waals surface area contributed by atoms with Gasteiger partial charge in [0.05, 0.1) is 13.2 Å². The topological polar surface area (TPSA) is 82.1 Å². The fourth-order valence-electron chi connectivity index (χ4n) is 2.02. The van der Waals surface area contributed by atoms with Gasteiger partial charge in [-0.2, -0.15) is 5.06 Å². The maximum Gasteiger partial charge on any atom is 0.332 e. The zero-order chi connectivity index (χ0) is 19.5. The number of hydrogen-bond acceptors (Lipinski definition) is 8. The van der Waals surface area contributed by atoms with Crippen LogP contribution in [-0.4, -0.2) is 53.8 Å². The molecule has 7 nitrogen and oxygen atoms in total. The van der Waals surface area contributed by atoms with Crippen molar-refractivity contribution < 1.29 is 28.7 Å². The molecule has 0 unspecified atom stereocenters. The standard InChI is InChI=1S/C16H25NO6S2/c1-6-10-16(13(19)21-7-2,14(20)22-8-3)11-9-12(18)23-17(4)15(24)25-5/h6H,1,7-11H2,2-5H3. The van der Waals surface area contributed by atoms with Crippen molar-refractivity contribution in [1.29, 1.82) is 0 Å². The van der Waals surface area contributed by atoms with Crippen LogP contribution in [0.4, 0.5) is 0 Å². The first-order valence-corrected chi connectivity index (χ1v) is 9.40. The number of rotatable bonds is 9. The zero-order valence-electron chi connectivity index (χ0n) is 15.0. The quantitative estimate of drug-likeness (QED) is 0.193. The van der Waals surface area contributed by atoms with Crippen LogP contribution in [-0.2, 0) is 28.7 Å². The van der Waals surface area contributed by atoms with Crippen molar-refractivity contribution in [3.63, 3.8) is 0 Å². The Bertz CT molecular complexity index is 491. The highest BCUT2D eigenvalue weighted by atomic mass is 32.2. The van der Waals surface area contributed by atoms with Crippen LogP contribution >= 0.6 is 24.0 Å². The average molecular weight is 392 g/mol. The second kappa shape index (κ2) is 11.9. The minimum atomic E-state index is -1.62. The van der Waals surface area contributed by atoms with E-state index >= 15 is 0 Å². The number of thioether (sulfide) groups is 1. The lowest BCUT2D eigenvalue weighted by molar-refractivity contribution is -0.175. The van der Waals surface area contributed by atoms with Gasteiger partial charge < -0.3 is 14.3 Å². The van der Waals surface area contributed by atoms with Crippen LogP contribution in [0.15, 0.2) is 12.7 Å². The Hall–Kier alpha value is -1.61. The fraction of sp³-hybridized carbons (Fsp3) is 0.625. The van der Waals surface area contributed by atoms with Gasteiger partial charge in [0, 0.05) is 13.5 Å². The van der Waals surface area contributed by atoms with Crippen LogP contribution in [0, 0.1) is 5.41 Å². The number of nitrogens with zero attached hydrogens (tertiary/aromatic N) is 1. The Morgan fingerprint density at radius 2 is 1.72 bits per heavy atom. The van der Waals surface area contributed by atoms with Crippen LogP contribution in [0.5, 0.6) is 0 Å². The Morgan fingerprint density at radius 1 is 1.20 bits per heavy atom. The summed E-state index contributed by atoms with van der Waals surface area (Å²) in [5, 5.41) is 1.16. The van der Waals surface area contributed by atoms with Gasteiger partial charge in [-0.15, -0.1) is 6.58 Å². The summed E-state index contributed by atoms with van der Waals surface area (Å²) in [6.07, 6.45) is 2.87. The van der Waals surface area contributed by atoms with Crippen LogP contribution in [0.2, 0.25) is 0 Å². The summed E-state index contributed by atoms with van der Waals surface area (Å²) in [5.41, 5.74) is -1.62. The van der Waals surface area contributed by atoms with E-state index in [1.54, 1.807) is 20.1 Å². The van der Waals surface area contributed by atoms with E-state index in [-0.39, 0.29) is 32.5 Å². The smallest absolute Gasteiger partial charge is 0.332 e. The number of hydrogen-bond donors (Lipinski definition) is 0. The molecule has 0 aliphatic rings. The summed E-state index contributed by atoms with van der Waals surface area (Å²) in [5.74, 6) is -2.11. The molecular formula is C16H25NO6S2. The van der Waals surface area contributed by atoms with Gasteiger partial charge in [0.1, 0.15) is 0 Å². The van der Waals surface area contributed by atoms with Crippen LogP contribution in [0.1, 0.15) is 33.1 Å². The molecule has 0 aliphatic carbocycles. The van der Waals surface area contributed by atoms with E-state index in [4.69, 9.17) is 26.5 Å². The van der Waals surface area contributed by atoms with Crippen molar-refractivity contribution in [3.8, 4) is 0 Å². The van der Waals surface area contributed by atoms with E-state index in [0.717, 1.165) is 5.06 Å². The summed E-state index contributed by atoms with van der Waals surface area (Å²) in [4.78, 5) is 41.9. The summed E-state index contributed by atoms with van der Waals surface area (Å²) >= 11 is 6.25. The third kappa shape index (κ3) is 7.03. The largest absolute Gasteiger partial charge is 0.465 e. The number of hydroxylamine groups is 2. The molecule has 0 saturated carbocycles. The first-order chi connectivity index (χ1) is 11.8. The maximum absolute atomic E-state index is 12.4. The molecule has 0 aliphatic heterocycles. The minimum absolute atomic E-state index is 0.00297. The molecule has 0 rings (SSSR count). The van der Waals surface area contributed by atoms with Crippen molar-refractivity contribution in [2.24, 2.45) is 5.41 Å². The summed E-state index contributed by atoms with van der Waals surface area (Å²) in [7, 11) is 1.50. The van der Waals surface area contributed by atoms with E-state index in [2.05, 4.69) is 6.58 Å². The average Bonchev–Trinajstić information content (AvgIpc) is 2.58. The first kappa shape index (κ1) is 23.4. The normalized spacial score (nSPS) is 10.6. The Kier molecular flexibility index (Phi) is 11.1. The van der Waals surface area contributed by atoms with Gasteiger partial charge in [0.2, 0.25) is 0 Å². The third-order valence-corrected chi connectivity index (χ3v) is 4.61. The number of carbonyl (C=O) groups excluding carboxylic acids is 3. The Balaban J connectivity index is 5.24. The molecule has 0 aromatic carbocycles. The Labute approximate surface area is 158 Å². The molecule has 0 saturated heterocycles. The highest BCUT2D eigenvalue weighted by molar-refractivity contribution is 8.22. The third-order valence-electron chi connectivity index (χ3n) is 3.25. The first-order valence-electron chi connectivity index (χ1n) is 7.76. The molecule has 0 amide bonds. The summed E-state index contributed by atoms with van der Waals surface area (Å²) < 4.78 is 10.4. The molecule has 0 radical (unpaired) electrons. The molecule has 0 spiro atoms. The van der Waals surface area contributed by atoms with E-state index in [1.807, 2.05) is 0 Å². The van der Waals surface area contributed by atoms with Gasteiger partial charge in [0.25, 0.3) is 0 Å². The van der Waals surface area contributed by atoms with Crippen molar-refractivity contribution >= 4 is 46.2 Å². The predicted molar refractivity (Wildman–Crippen MR) is 99.7 cm³/mol. The summed E-state index contributed by atoms with van der Waals surface area (Å²) in [6, 6.07) is 0. The van der Waals surface area contributed by atoms with Crippen LogP contribution in [0.3, 0.4) is 0 Å². The van der Waals surface area contributed by atoms with Gasteiger partial charge in [-0.1, -0.05) is 17.8 Å². The molecule has 142 valence electrons. The molecule has 0 heterocycles. The Morgan fingerprint density at radius 3 is 2.12 bits per heavy atom. The lowest BCUT2D eigenvalue weighted by Crippen LogP contribution is -2.42. The van der Waals surface area contributed by atoms with Gasteiger partial charge in [-0.3, -0.25) is 9.59 Å². The van der Waals surface area contributed by atoms with Gasteiger partial charge in [-0.05, 0) is 45.2 Å². The number of ether oxygens (including phenoxy) is 2. The number of allylic oxidation sites excluding steroid dienone is 1. The molecule has 0 aromatic rings. The molecular weight excluding hydrogens is 366 g/mol. The number of thiocarbonyl (C=S) groups is 1. The van der Waals surface area contributed by atoms with Gasteiger partial charge >= 0.3 is 17.9 Å². The maximum atomic E-state index is 12.4. The molecule has 0 fully saturated rings. The monoisotopic (exact) mass is 391 g/mol. The lowest BCUT2D eigenvalue weighted by Gasteiger charge is -2.28. The summed E-state index contributed by atoms with van der Waals surface area (Å²) in [6.45, 7) is 7.05. The highest BCUT2D eigenvalue weighted by Crippen LogP contribution is 2.33. The zero-order valence-corrected chi connectivity index (χ0v) is 16.7. The van der Waals surface area contributed by atoms with Crippen molar-refractivity contribution in [3.05, 3.63) is 12.7 Å².